The summed E-state index contributed by atoms with van der Waals surface area (Å²) >= 11 is 0. The fourth-order valence-electron chi connectivity index (χ4n) is 11.0. The number of urea groups is 1. The number of likely N-dealkylation sites (tertiary alicyclic amines) is 1. The summed E-state index contributed by atoms with van der Waals surface area (Å²) in [5, 5.41) is 11.2. The quantitative estimate of drug-likeness (QED) is 0.145. The highest BCUT2D eigenvalue weighted by atomic mass is 19.2. The lowest BCUT2D eigenvalue weighted by molar-refractivity contribution is -0.134. The van der Waals surface area contributed by atoms with Crippen molar-refractivity contribution in [2.24, 2.45) is 0 Å². The van der Waals surface area contributed by atoms with E-state index in [4.69, 9.17) is 24.7 Å². The number of aromatic nitrogens is 2. The van der Waals surface area contributed by atoms with Gasteiger partial charge in [0.15, 0.2) is 29.9 Å². The van der Waals surface area contributed by atoms with Crippen LogP contribution in [0.1, 0.15) is 51.4 Å². The molecular formula is C49H58F2N10O7. The number of ether oxygens (including phenoxy) is 4. The minimum absolute atomic E-state index is 0.00811. The summed E-state index contributed by atoms with van der Waals surface area (Å²) in [6.45, 7) is 4.56. The first-order valence-corrected chi connectivity index (χ1v) is 23.7. The van der Waals surface area contributed by atoms with E-state index in [-0.39, 0.29) is 48.5 Å². The molecule has 1 aromatic heterocycles. The average molecular weight is 937 g/mol. The van der Waals surface area contributed by atoms with Crippen molar-refractivity contribution in [3.63, 3.8) is 0 Å². The van der Waals surface area contributed by atoms with Crippen LogP contribution < -0.4 is 44.9 Å². The number of nitrogens with zero attached hydrogens (tertiary/aromatic N) is 8. The highest BCUT2D eigenvalue weighted by Gasteiger charge is 2.42. The Kier molecular flexibility index (Phi) is 12.7. The van der Waals surface area contributed by atoms with E-state index >= 15 is 8.78 Å². The number of nitrogen functional groups attached to an aromatic ring is 1. The van der Waals surface area contributed by atoms with E-state index < -0.39 is 23.8 Å². The number of methoxy groups -OCH3 is 1. The smallest absolute Gasteiger partial charge is 0.319 e. The van der Waals surface area contributed by atoms with E-state index in [0.29, 0.717) is 101 Å². The normalized spacial score (nSPS) is 22.2. The molecule has 0 radical (unpaired) electrons. The third-order valence-corrected chi connectivity index (χ3v) is 14.5. The Morgan fingerprint density at radius 3 is 2.35 bits per heavy atom. The zero-order valence-electron chi connectivity index (χ0n) is 38.4. The van der Waals surface area contributed by atoms with Crippen LogP contribution in [0.3, 0.4) is 0 Å². The molecule has 3 atom stereocenters. The first kappa shape index (κ1) is 45.2. The molecule has 5 saturated heterocycles. The number of para-hydroxylation sites is 2. The number of carbonyl (C=O) groups excluding carboxylic acids is 3. The molecule has 0 aliphatic carbocycles. The van der Waals surface area contributed by atoms with E-state index in [1.807, 2.05) is 65.4 Å². The second-order valence-electron chi connectivity index (χ2n) is 18.5. The average Bonchev–Trinajstić information content (AvgIpc) is 3.62. The summed E-state index contributed by atoms with van der Waals surface area (Å²) < 4.78 is 54.3. The summed E-state index contributed by atoms with van der Waals surface area (Å²) in [5.74, 6) is -0.956. The largest absolute Gasteiger partial charge is 0.487 e. The molecule has 0 saturated carbocycles. The molecule has 17 nitrogen and oxygen atoms in total. The number of anilines is 5. The number of nitrogens with two attached hydrogens (primary N) is 1. The number of nitrogens with one attached hydrogen (secondary N) is 1. The number of hydrogen-bond acceptors (Lipinski definition) is 14. The third kappa shape index (κ3) is 8.83. The molecule has 5 fully saturated rings. The van der Waals surface area contributed by atoms with E-state index in [9.17, 15) is 14.4 Å². The van der Waals surface area contributed by atoms with Crippen molar-refractivity contribution >= 4 is 46.4 Å². The Morgan fingerprint density at radius 1 is 0.853 bits per heavy atom. The van der Waals surface area contributed by atoms with Gasteiger partial charge in [0.2, 0.25) is 17.6 Å². The molecule has 6 aliphatic rings. The Morgan fingerprint density at radius 2 is 1.60 bits per heavy atom. The highest BCUT2D eigenvalue weighted by Crippen LogP contribution is 2.44. The Hall–Kier alpha value is -6.63. The molecule has 19 heteroatoms. The van der Waals surface area contributed by atoms with Gasteiger partial charge in [-0.2, -0.15) is 4.39 Å². The number of hydrogen-bond donors (Lipinski definition) is 2. The lowest BCUT2D eigenvalue weighted by atomic mass is 10.0. The number of carbonyl (C=O) groups is 3. The van der Waals surface area contributed by atoms with Gasteiger partial charge >= 0.3 is 6.03 Å². The maximum absolute atomic E-state index is 15.5. The topological polar surface area (TPSA) is 171 Å². The van der Waals surface area contributed by atoms with Gasteiger partial charge in [-0.25, -0.2) is 9.18 Å². The molecule has 68 heavy (non-hydrogen) atoms. The number of piperazine rings is 1. The maximum atomic E-state index is 15.5. The predicted octanol–water partition coefficient (Wildman–Crippen LogP) is 5.41. The van der Waals surface area contributed by atoms with E-state index in [1.54, 1.807) is 13.2 Å². The van der Waals surface area contributed by atoms with Gasteiger partial charge in [-0.3, -0.25) is 14.9 Å². The van der Waals surface area contributed by atoms with Crippen LogP contribution in [-0.4, -0.2) is 141 Å². The molecule has 360 valence electrons. The maximum Gasteiger partial charge on any atom is 0.319 e. The van der Waals surface area contributed by atoms with Crippen molar-refractivity contribution in [3.05, 3.63) is 72.3 Å². The summed E-state index contributed by atoms with van der Waals surface area (Å²) in [6, 6.07) is 17.9. The summed E-state index contributed by atoms with van der Waals surface area (Å²) in [6.07, 6.45) is 4.60. The fourth-order valence-corrected chi connectivity index (χ4v) is 11.0. The highest BCUT2D eigenvalue weighted by molar-refractivity contribution is 6.02. The monoisotopic (exact) mass is 936 g/mol. The first-order chi connectivity index (χ1) is 33.0. The second-order valence-corrected chi connectivity index (χ2v) is 18.5. The molecule has 1 unspecified atom stereocenters. The SMILES string of the molecule is COCOc1ccccc1-c1cc(N2C[C@H]3CC[C@@H](C2)N3c2cc(F)c(F)c(OC3CCN(C(=O)N(C)C4CCN(c5cccc6c5OCCN6C5CCC(=O)NC5=O)CC4)CC3)c2)c(N)nn1. The minimum atomic E-state index is -1.02. The number of piperidine rings is 3. The van der Waals surface area contributed by atoms with Gasteiger partial charge in [-0.1, -0.05) is 18.2 Å². The molecule has 0 spiro atoms. The molecule has 2 bridgehead atoms. The Bertz CT molecular complexity index is 2530. The van der Waals surface area contributed by atoms with E-state index in [2.05, 4.69) is 35.1 Å². The number of halogens is 2. The standard InChI is InChI=1S/C49H58F2N10O7/c1-56(30-14-18-57(19-15-30)38-7-5-8-39-46(38)66-23-22-60(39)40-12-13-44(62)53-48(40)63)49(64)58-20-16-34(17-21-58)68-43-25-33(24-36(50)45(43)51)61-31-10-11-32(61)28-59(27-31)41-26-37(54-55-47(41)52)35-6-3-4-9-42(35)67-29-65-2/h3-9,24-26,30-32,34,40H,10-23,27-29H2,1-2H3,(H2,52,55)(H,53,62,63)/t31-,32+,40?. The molecule has 3 aromatic carbocycles. The number of fused-ring (bicyclic) bond motifs is 3. The van der Waals surface area contributed by atoms with Gasteiger partial charge in [-0.05, 0) is 62.4 Å². The minimum Gasteiger partial charge on any atom is -0.487 e. The van der Waals surface area contributed by atoms with Crippen LogP contribution in [0.5, 0.6) is 17.2 Å². The van der Waals surface area contributed by atoms with Crippen LogP contribution in [0.25, 0.3) is 11.3 Å². The lowest BCUT2D eigenvalue weighted by Gasteiger charge is -2.43. The molecule has 6 aliphatic heterocycles. The van der Waals surface area contributed by atoms with Crippen LogP contribution in [0.15, 0.2) is 60.7 Å². The molecule has 4 amide bonds. The number of imide groups is 1. The van der Waals surface area contributed by atoms with Crippen molar-refractivity contribution in [3.8, 4) is 28.5 Å². The van der Waals surface area contributed by atoms with Crippen LogP contribution in [0.4, 0.5) is 42.1 Å². The predicted molar refractivity (Wildman–Crippen MR) is 251 cm³/mol. The zero-order chi connectivity index (χ0) is 47.1. The molecule has 3 N–H and O–H groups in total. The number of rotatable bonds is 11. The van der Waals surface area contributed by atoms with Gasteiger partial charge < -0.3 is 54.1 Å². The molecule has 4 aromatic rings. The Labute approximate surface area is 394 Å². The summed E-state index contributed by atoms with van der Waals surface area (Å²) in [4.78, 5) is 50.8. The van der Waals surface area contributed by atoms with Crippen LogP contribution in [-0.2, 0) is 14.3 Å². The fraction of sp³-hybridized carbons (Fsp3) is 0.490. The summed E-state index contributed by atoms with van der Waals surface area (Å²) in [7, 11) is 3.42. The molecule has 10 rings (SSSR count). The van der Waals surface area contributed by atoms with Gasteiger partial charge in [0.25, 0.3) is 0 Å². The van der Waals surface area contributed by atoms with Crippen LogP contribution >= 0.6 is 0 Å². The van der Waals surface area contributed by atoms with Crippen molar-refractivity contribution in [2.75, 3.05) is 98.7 Å². The number of amides is 4. The van der Waals surface area contributed by atoms with Crippen LogP contribution in [0, 0.1) is 11.6 Å². The van der Waals surface area contributed by atoms with Crippen LogP contribution in [0.2, 0.25) is 0 Å². The lowest BCUT2D eigenvalue weighted by Crippen LogP contribution is -2.54. The van der Waals surface area contributed by atoms with Gasteiger partial charge in [0, 0.05) is 114 Å². The zero-order valence-corrected chi connectivity index (χ0v) is 38.4. The van der Waals surface area contributed by atoms with Crippen molar-refractivity contribution in [2.45, 2.75) is 81.6 Å². The van der Waals surface area contributed by atoms with Crippen molar-refractivity contribution in [1.82, 2.24) is 25.3 Å². The summed E-state index contributed by atoms with van der Waals surface area (Å²) in [5.41, 5.74) is 10.9. The molecule has 7 heterocycles. The van der Waals surface area contributed by atoms with Gasteiger partial charge in [-0.15, -0.1) is 10.2 Å². The van der Waals surface area contributed by atoms with Crippen molar-refractivity contribution in [1.29, 1.82) is 0 Å². The second kappa shape index (κ2) is 19.2. The first-order valence-electron chi connectivity index (χ1n) is 23.7. The number of benzene rings is 3. The van der Waals surface area contributed by atoms with E-state index in [0.717, 1.165) is 54.1 Å². The van der Waals surface area contributed by atoms with Gasteiger partial charge in [0.1, 0.15) is 24.5 Å². The van der Waals surface area contributed by atoms with E-state index in [1.165, 1.54) is 6.07 Å². The van der Waals surface area contributed by atoms with Gasteiger partial charge in [0.05, 0.1) is 29.3 Å². The Balaban J connectivity index is 0.737. The molecular weight excluding hydrogens is 879 g/mol. The third-order valence-electron chi connectivity index (χ3n) is 14.5. The van der Waals surface area contributed by atoms with Crippen molar-refractivity contribution < 1.29 is 42.1 Å².